The van der Waals surface area contributed by atoms with Crippen LogP contribution in [-0.2, 0) is 31.0 Å². The van der Waals surface area contributed by atoms with Crippen LogP contribution in [0.15, 0.2) is 36.9 Å². The first-order valence-electron chi connectivity index (χ1n) is 12.2. The number of hydrogen-bond donors (Lipinski definition) is 2. The number of carbonyl (C=O) groups is 4. The minimum Gasteiger partial charge on any atom is -0.348 e. The van der Waals surface area contributed by atoms with Gasteiger partial charge in [0.1, 0.15) is 12.1 Å². The Morgan fingerprint density at radius 2 is 1.66 bits per heavy atom. The number of nitrogens with one attached hydrogen (secondary N) is 2. The maximum Gasteiger partial charge on any atom is 0.238 e. The molecule has 2 N–H and O–H groups in total. The van der Waals surface area contributed by atoms with E-state index in [-0.39, 0.29) is 54.7 Å². The van der Waals surface area contributed by atoms with Gasteiger partial charge in [-0.1, -0.05) is 65.0 Å². The maximum absolute atomic E-state index is 13.1. The summed E-state index contributed by atoms with van der Waals surface area (Å²) in [5, 5.41) is 6.27. The monoisotopic (exact) mass is 485 g/mol. The Balaban J connectivity index is 2.81. The van der Waals surface area contributed by atoms with Crippen molar-refractivity contribution in [1.29, 1.82) is 0 Å². The standard InChI is InChI=1S/C28H43N3O4/c1-9-23(27(2,3)4)30-26(35)25(29-7)28(5,6)21-14-12-20(13-15-21)19-22(33)16-17-31(8)24(34)11-10-18-32/h9,12-15,18,23,25,29H,1,10-11,16-17,19H2,2-8H3,(H,30,35). The van der Waals surface area contributed by atoms with E-state index in [1.165, 1.54) is 4.90 Å². The van der Waals surface area contributed by atoms with E-state index < -0.39 is 11.5 Å². The first kappa shape index (κ1) is 30.2. The number of Topliss-reactive ketones (excluding diaryl/α,β-unsaturated/α-hetero) is 1. The summed E-state index contributed by atoms with van der Waals surface area (Å²) in [4.78, 5) is 49.4. The molecule has 7 heteroatoms. The largest absolute Gasteiger partial charge is 0.348 e. The van der Waals surface area contributed by atoms with Crippen molar-refractivity contribution in [2.75, 3.05) is 20.6 Å². The molecule has 0 aliphatic rings. The van der Waals surface area contributed by atoms with Crippen molar-refractivity contribution in [2.24, 2.45) is 5.41 Å². The zero-order valence-electron chi connectivity index (χ0n) is 22.4. The fourth-order valence-corrected chi connectivity index (χ4v) is 4.01. The minimum atomic E-state index is -0.504. The molecule has 0 heterocycles. The van der Waals surface area contributed by atoms with Gasteiger partial charge >= 0.3 is 0 Å². The van der Waals surface area contributed by atoms with Gasteiger partial charge in [-0.05, 0) is 23.6 Å². The molecule has 1 aromatic rings. The van der Waals surface area contributed by atoms with E-state index in [1.54, 1.807) is 20.2 Å². The summed E-state index contributed by atoms with van der Waals surface area (Å²) in [6.45, 7) is 14.4. The quantitative estimate of drug-likeness (QED) is 0.312. The summed E-state index contributed by atoms with van der Waals surface area (Å²) in [6, 6.07) is 7.13. The molecule has 1 aromatic carbocycles. The Hall–Kier alpha value is -2.80. The number of benzene rings is 1. The molecule has 0 spiro atoms. The SMILES string of the molecule is C=CC(NC(=O)C(NC)C(C)(C)c1ccc(CC(=O)CCN(C)C(=O)CCC=O)cc1)C(C)(C)C. The van der Waals surface area contributed by atoms with Gasteiger partial charge in [-0.3, -0.25) is 14.4 Å². The normalized spacial score (nSPS) is 13.5. The lowest BCUT2D eigenvalue weighted by atomic mass is 9.76. The number of aldehydes is 1. The molecule has 0 saturated heterocycles. The van der Waals surface area contributed by atoms with Crippen LogP contribution in [0.2, 0.25) is 0 Å². The number of nitrogens with zero attached hydrogens (tertiary/aromatic N) is 1. The van der Waals surface area contributed by atoms with Gasteiger partial charge in [-0.2, -0.15) is 0 Å². The molecule has 0 saturated carbocycles. The highest BCUT2D eigenvalue weighted by atomic mass is 16.2. The fraction of sp³-hybridized carbons (Fsp3) is 0.571. The van der Waals surface area contributed by atoms with E-state index in [4.69, 9.17) is 0 Å². The minimum absolute atomic E-state index is 0.0390. The zero-order chi connectivity index (χ0) is 26.8. The molecule has 0 fully saturated rings. The first-order valence-corrected chi connectivity index (χ1v) is 12.2. The van der Waals surface area contributed by atoms with Crippen LogP contribution in [-0.4, -0.2) is 61.5 Å². The average molecular weight is 486 g/mol. The summed E-state index contributed by atoms with van der Waals surface area (Å²) in [5.41, 5.74) is 1.21. The second kappa shape index (κ2) is 13.3. The number of likely N-dealkylation sites (N-methyl/N-ethyl adjacent to an activating group) is 1. The highest BCUT2D eigenvalue weighted by molar-refractivity contribution is 5.84. The molecule has 1 rings (SSSR count). The molecule has 0 radical (unpaired) electrons. The van der Waals surface area contributed by atoms with Crippen molar-refractivity contribution in [3.63, 3.8) is 0 Å². The van der Waals surface area contributed by atoms with Gasteiger partial charge in [0.25, 0.3) is 0 Å². The molecule has 0 aromatic heterocycles. The van der Waals surface area contributed by atoms with E-state index in [9.17, 15) is 19.2 Å². The fourth-order valence-electron chi connectivity index (χ4n) is 4.01. The number of rotatable bonds is 14. The number of amides is 2. The van der Waals surface area contributed by atoms with Crippen LogP contribution >= 0.6 is 0 Å². The third-order valence-corrected chi connectivity index (χ3v) is 6.47. The second-order valence-electron chi connectivity index (χ2n) is 10.7. The Morgan fingerprint density at radius 3 is 2.14 bits per heavy atom. The summed E-state index contributed by atoms with van der Waals surface area (Å²) < 4.78 is 0. The van der Waals surface area contributed by atoms with E-state index in [1.807, 2.05) is 38.1 Å². The molecule has 35 heavy (non-hydrogen) atoms. The number of ketones is 1. The van der Waals surface area contributed by atoms with E-state index >= 15 is 0 Å². The van der Waals surface area contributed by atoms with Gasteiger partial charge in [0.2, 0.25) is 11.8 Å². The Bertz CT molecular complexity index is 884. The van der Waals surface area contributed by atoms with Crippen LogP contribution in [0.4, 0.5) is 0 Å². The summed E-state index contributed by atoms with van der Waals surface area (Å²) in [7, 11) is 3.42. The predicted molar refractivity (Wildman–Crippen MR) is 140 cm³/mol. The molecule has 0 aliphatic carbocycles. The lowest BCUT2D eigenvalue weighted by Gasteiger charge is -2.36. The highest BCUT2D eigenvalue weighted by Crippen LogP contribution is 2.29. The van der Waals surface area contributed by atoms with Crippen LogP contribution in [0.25, 0.3) is 0 Å². The average Bonchev–Trinajstić information content (AvgIpc) is 2.79. The Kier molecular flexibility index (Phi) is 11.5. The van der Waals surface area contributed by atoms with E-state index in [0.717, 1.165) is 17.4 Å². The summed E-state index contributed by atoms with van der Waals surface area (Å²) >= 11 is 0. The highest BCUT2D eigenvalue weighted by Gasteiger charge is 2.37. The van der Waals surface area contributed by atoms with Crippen molar-refractivity contribution >= 4 is 23.9 Å². The number of carbonyl (C=O) groups excluding carboxylic acids is 4. The summed E-state index contributed by atoms with van der Waals surface area (Å²) in [6.07, 6.45) is 3.39. The van der Waals surface area contributed by atoms with Gasteiger partial charge in [-0.25, -0.2) is 0 Å². The van der Waals surface area contributed by atoms with Gasteiger partial charge < -0.3 is 20.3 Å². The Morgan fingerprint density at radius 1 is 1.06 bits per heavy atom. The Labute approximate surface area is 210 Å². The second-order valence-corrected chi connectivity index (χ2v) is 10.7. The van der Waals surface area contributed by atoms with Crippen molar-refractivity contribution in [2.45, 2.75) is 77.8 Å². The summed E-state index contributed by atoms with van der Waals surface area (Å²) in [5.74, 6) is -0.193. The van der Waals surface area contributed by atoms with Crippen molar-refractivity contribution in [1.82, 2.24) is 15.5 Å². The maximum atomic E-state index is 13.1. The van der Waals surface area contributed by atoms with Crippen LogP contribution in [0.3, 0.4) is 0 Å². The van der Waals surface area contributed by atoms with Gasteiger partial charge in [-0.15, -0.1) is 6.58 Å². The van der Waals surface area contributed by atoms with Crippen LogP contribution < -0.4 is 10.6 Å². The third kappa shape index (κ3) is 9.06. The molecule has 194 valence electrons. The van der Waals surface area contributed by atoms with E-state index in [2.05, 4.69) is 38.0 Å². The number of hydrogen-bond acceptors (Lipinski definition) is 5. The molecular weight excluding hydrogens is 442 g/mol. The van der Waals surface area contributed by atoms with E-state index in [0.29, 0.717) is 6.54 Å². The lowest BCUT2D eigenvalue weighted by molar-refractivity contribution is -0.131. The molecule has 7 nitrogen and oxygen atoms in total. The van der Waals surface area contributed by atoms with Crippen LogP contribution in [0, 0.1) is 5.41 Å². The van der Waals surface area contributed by atoms with Crippen LogP contribution in [0.1, 0.15) is 65.0 Å². The molecule has 2 atom stereocenters. The lowest BCUT2D eigenvalue weighted by Crippen LogP contribution is -2.56. The van der Waals surface area contributed by atoms with Crippen LogP contribution in [0.5, 0.6) is 0 Å². The molecule has 2 amide bonds. The van der Waals surface area contributed by atoms with Gasteiger partial charge in [0, 0.05) is 44.7 Å². The zero-order valence-corrected chi connectivity index (χ0v) is 22.4. The third-order valence-electron chi connectivity index (χ3n) is 6.47. The molecule has 0 bridgehead atoms. The molecule has 0 aliphatic heterocycles. The predicted octanol–water partition coefficient (Wildman–Crippen LogP) is 3.21. The van der Waals surface area contributed by atoms with Gasteiger partial charge in [0.05, 0.1) is 12.1 Å². The van der Waals surface area contributed by atoms with Crippen molar-refractivity contribution in [3.8, 4) is 0 Å². The first-order chi connectivity index (χ1) is 16.3. The topological polar surface area (TPSA) is 95.6 Å². The van der Waals surface area contributed by atoms with Gasteiger partial charge in [0.15, 0.2) is 0 Å². The smallest absolute Gasteiger partial charge is 0.238 e. The molecular formula is C28H43N3O4. The van der Waals surface area contributed by atoms with Crippen molar-refractivity contribution < 1.29 is 19.2 Å². The van der Waals surface area contributed by atoms with Crippen molar-refractivity contribution in [3.05, 3.63) is 48.0 Å². The molecule has 2 unspecified atom stereocenters.